The van der Waals surface area contributed by atoms with Crippen LogP contribution in [0, 0.1) is 6.92 Å². The number of fused-ring (bicyclic) bond motifs is 1. The van der Waals surface area contributed by atoms with Crippen LogP contribution in [0.15, 0.2) is 34.4 Å². The summed E-state index contributed by atoms with van der Waals surface area (Å²) in [5, 5.41) is 10.5. The molecule has 3 heterocycles. The molecule has 1 amide bonds. The number of carbonyl (C=O) groups excluding carboxylic acids is 1. The molecule has 0 aliphatic carbocycles. The SMILES string of the molecule is COc1cccc(Cn2nc3n(c2=O)CCC(NC(=O)Cc2csc(C)n2)CC3)c1. The Kier molecular flexibility index (Phi) is 5.98. The minimum Gasteiger partial charge on any atom is -0.497 e. The fourth-order valence-electron chi connectivity index (χ4n) is 3.75. The molecule has 0 saturated heterocycles. The van der Waals surface area contributed by atoms with Gasteiger partial charge < -0.3 is 10.1 Å². The summed E-state index contributed by atoms with van der Waals surface area (Å²) < 4.78 is 8.49. The average Bonchev–Trinajstić information content (AvgIpc) is 3.19. The van der Waals surface area contributed by atoms with Crippen molar-refractivity contribution >= 4 is 17.2 Å². The van der Waals surface area contributed by atoms with Crippen molar-refractivity contribution in [3.8, 4) is 5.75 Å². The van der Waals surface area contributed by atoms with Crippen LogP contribution in [0.3, 0.4) is 0 Å². The molecule has 0 spiro atoms. The number of aryl methyl sites for hydroxylation is 2. The molecule has 3 aromatic rings. The predicted octanol–water partition coefficient (Wildman–Crippen LogP) is 1.93. The van der Waals surface area contributed by atoms with Crippen molar-refractivity contribution in [2.45, 2.75) is 51.7 Å². The van der Waals surface area contributed by atoms with Gasteiger partial charge in [-0.1, -0.05) is 12.1 Å². The predicted molar refractivity (Wildman–Crippen MR) is 114 cm³/mol. The molecular weight excluding hydrogens is 402 g/mol. The van der Waals surface area contributed by atoms with Crippen LogP contribution in [-0.2, 0) is 30.7 Å². The second-order valence-electron chi connectivity index (χ2n) is 7.49. The largest absolute Gasteiger partial charge is 0.497 e. The maximum atomic E-state index is 12.8. The molecule has 1 N–H and O–H groups in total. The van der Waals surface area contributed by atoms with Crippen LogP contribution in [0.5, 0.6) is 5.75 Å². The second-order valence-corrected chi connectivity index (χ2v) is 8.55. The van der Waals surface area contributed by atoms with Crippen LogP contribution in [0.25, 0.3) is 0 Å². The van der Waals surface area contributed by atoms with Crippen molar-refractivity contribution in [2.24, 2.45) is 0 Å². The quantitative estimate of drug-likeness (QED) is 0.649. The van der Waals surface area contributed by atoms with E-state index in [2.05, 4.69) is 15.4 Å². The molecule has 0 fully saturated rings. The van der Waals surface area contributed by atoms with E-state index in [0.717, 1.165) is 34.3 Å². The van der Waals surface area contributed by atoms with Crippen LogP contribution in [0.2, 0.25) is 0 Å². The number of carbonyl (C=O) groups is 1. The highest BCUT2D eigenvalue weighted by Gasteiger charge is 2.22. The first-order chi connectivity index (χ1) is 14.5. The highest BCUT2D eigenvalue weighted by Crippen LogP contribution is 2.15. The molecule has 1 atom stereocenters. The summed E-state index contributed by atoms with van der Waals surface area (Å²) >= 11 is 1.55. The standard InChI is InChI=1S/C21H25N5O3S/c1-14-22-17(13-30-14)11-20(27)23-16-6-7-19-24-26(21(28)25(19)9-8-16)12-15-4-3-5-18(10-15)29-2/h3-5,10,13,16H,6-9,11-12H2,1-2H3,(H,23,27). The van der Waals surface area contributed by atoms with E-state index in [9.17, 15) is 9.59 Å². The molecule has 0 radical (unpaired) electrons. The number of aromatic nitrogens is 4. The van der Waals surface area contributed by atoms with E-state index in [4.69, 9.17) is 4.74 Å². The zero-order valence-electron chi connectivity index (χ0n) is 17.1. The van der Waals surface area contributed by atoms with E-state index in [1.807, 2.05) is 36.6 Å². The van der Waals surface area contributed by atoms with E-state index in [1.165, 1.54) is 4.68 Å². The third-order valence-corrected chi connectivity index (χ3v) is 6.08. The van der Waals surface area contributed by atoms with Crippen LogP contribution >= 0.6 is 11.3 Å². The summed E-state index contributed by atoms with van der Waals surface area (Å²) in [5.41, 5.74) is 1.65. The highest BCUT2D eigenvalue weighted by molar-refractivity contribution is 7.09. The van der Waals surface area contributed by atoms with E-state index >= 15 is 0 Å². The number of hydrogen-bond acceptors (Lipinski definition) is 6. The Hall–Kier alpha value is -2.94. The molecule has 158 valence electrons. The van der Waals surface area contributed by atoms with Gasteiger partial charge in [-0.15, -0.1) is 11.3 Å². The van der Waals surface area contributed by atoms with E-state index in [-0.39, 0.29) is 17.6 Å². The molecule has 4 rings (SSSR count). The Balaban J connectivity index is 1.38. The van der Waals surface area contributed by atoms with Gasteiger partial charge in [0, 0.05) is 24.4 Å². The number of nitrogens with zero attached hydrogens (tertiary/aromatic N) is 4. The van der Waals surface area contributed by atoms with E-state index in [0.29, 0.717) is 32.4 Å². The van der Waals surface area contributed by atoms with Gasteiger partial charge in [0.05, 0.1) is 30.8 Å². The Morgan fingerprint density at radius 2 is 2.23 bits per heavy atom. The van der Waals surface area contributed by atoms with Crippen molar-refractivity contribution in [3.05, 3.63) is 62.2 Å². The number of benzene rings is 1. The number of rotatable bonds is 6. The number of nitrogens with one attached hydrogen (secondary N) is 1. The zero-order chi connectivity index (χ0) is 21.1. The fourth-order valence-corrected chi connectivity index (χ4v) is 4.36. The average molecular weight is 428 g/mol. The topological polar surface area (TPSA) is 91.0 Å². The van der Waals surface area contributed by atoms with Gasteiger partial charge in [-0.3, -0.25) is 9.36 Å². The molecule has 1 aliphatic rings. The van der Waals surface area contributed by atoms with Crippen molar-refractivity contribution < 1.29 is 9.53 Å². The van der Waals surface area contributed by atoms with Gasteiger partial charge in [0.25, 0.3) is 0 Å². The highest BCUT2D eigenvalue weighted by atomic mass is 32.1. The smallest absolute Gasteiger partial charge is 0.346 e. The molecular formula is C21H25N5O3S. The number of ether oxygens (including phenoxy) is 1. The van der Waals surface area contributed by atoms with Gasteiger partial charge in [0.1, 0.15) is 11.6 Å². The van der Waals surface area contributed by atoms with E-state index in [1.54, 1.807) is 23.0 Å². The minimum atomic E-state index is -0.113. The first-order valence-corrected chi connectivity index (χ1v) is 10.9. The maximum absolute atomic E-state index is 12.8. The Bertz CT molecular complexity index is 1100. The molecule has 8 nitrogen and oxygen atoms in total. The molecule has 1 unspecified atom stereocenters. The maximum Gasteiger partial charge on any atom is 0.346 e. The third kappa shape index (κ3) is 4.62. The molecule has 0 bridgehead atoms. The number of hydrogen-bond donors (Lipinski definition) is 1. The van der Waals surface area contributed by atoms with Crippen LogP contribution in [0.1, 0.15) is 34.9 Å². The fraction of sp³-hybridized carbons (Fsp3) is 0.429. The van der Waals surface area contributed by atoms with Gasteiger partial charge in [-0.25, -0.2) is 14.5 Å². The van der Waals surface area contributed by atoms with Crippen molar-refractivity contribution in [1.82, 2.24) is 24.6 Å². The van der Waals surface area contributed by atoms with Crippen molar-refractivity contribution in [1.29, 1.82) is 0 Å². The number of amides is 1. The lowest BCUT2D eigenvalue weighted by atomic mass is 10.1. The van der Waals surface area contributed by atoms with E-state index < -0.39 is 0 Å². The number of thiazole rings is 1. The molecule has 1 aromatic carbocycles. The van der Waals surface area contributed by atoms with Gasteiger partial charge in [-0.2, -0.15) is 5.10 Å². The van der Waals surface area contributed by atoms with Gasteiger partial charge in [0.15, 0.2) is 0 Å². The summed E-state index contributed by atoms with van der Waals surface area (Å²) in [4.78, 5) is 29.5. The van der Waals surface area contributed by atoms with Crippen LogP contribution < -0.4 is 15.7 Å². The van der Waals surface area contributed by atoms with Gasteiger partial charge in [-0.05, 0) is 37.5 Å². The molecule has 1 aliphatic heterocycles. The summed E-state index contributed by atoms with van der Waals surface area (Å²) in [6.07, 6.45) is 2.41. The lowest BCUT2D eigenvalue weighted by Gasteiger charge is -2.15. The Labute approximate surface area is 178 Å². The number of methoxy groups -OCH3 is 1. The molecule has 9 heteroatoms. The van der Waals surface area contributed by atoms with Crippen molar-refractivity contribution in [2.75, 3.05) is 7.11 Å². The van der Waals surface area contributed by atoms with Crippen LogP contribution in [0.4, 0.5) is 0 Å². The Morgan fingerprint density at radius 1 is 1.37 bits per heavy atom. The first kappa shape index (κ1) is 20.3. The zero-order valence-corrected chi connectivity index (χ0v) is 17.9. The second kappa shape index (κ2) is 8.83. The summed E-state index contributed by atoms with van der Waals surface area (Å²) in [7, 11) is 1.62. The summed E-state index contributed by atoms with van der Waals surface area (Å²) in [5.74, 6) is 1.50. The van der Waals surface area contributed by atoms with Gasteiger partial charge in [0.2, 0.25) is 5.91 Å². The third-order valence-electron chi connectivity index (χ3n) is 5.26. The lowest BCUT2D eigenvalue weighted by Crippen LogP contribution is -2.36. The minimum absolute atomic E-state index is 0.0275. The first-order valence-electron chi connectivity index (χ1n) is 10.0. The molecule has 0 saturated carbocycles. The monoisotopic (exact) mass is 427 g/mol. The van der Waals surface area contributed by atoms with Crippen LogP contribution in [-0.4, -0.2) is 38.4 Å². The normalized spacial score (nSPS) is 16.0. The molecule has 30 heavy (non-hydrogen) atoms. The molecule has 2 aromatic heterocycles. The van der Waals surface area contributed by atoms with Crippen molar-refractivity contribution in [3.63, 3.8) is 0 Å². The summed E-state index contributed by atoms with van der Waals surface area (Å²) in [6.45, 7) is 2.89. The van der Waals surface area contributed by atoms with Gasteiger partial charge >= 0.3 is 5.69 Å². The summed E-state index contributed by atoms with van der Waals surface area (Å²) in [6, 6.07) is 7.67. The lowest BCUT2D eigenvalue weighted by molar-refractivity contribution is -0.121. The Morgan fingerprint density at radius 3 is 3.00 bits per heavy atom.